The summed E-state index contributed by atoms with van der Waals surface area (Å²) in [7, 11) is 0. The lowest BCUT2D eigenvalue weighted by molar-refractivity contribution is 0.150. The summed E-state index contributed by atoms with van der Waals surface area (Å²) in [6, 6.07) is 5.99. The maximum absolute atomic E-state index is 5.79. The van der Waals surface area contributed by atoms with E-state index in [1.807, 2.05) is 31.3 Å². The molecule has 4 heterocycles. The summed E-state index contributed by atoms with van der Waals surface area (Å²) in [6.45, 7) is 7.43. The Hall–Kier alpha value is -2.67. The first kappa shape index (κ1) is 16.8. The molecule has 3 aromatic heterocycles. The van der Waals surface area contributed by atoms with Gasteiger partial charge in [-0.2, -0.15) is 0 Å². The molecule has 26 heavy (non-hydrogen) atoms. The third-order valence-corrected chi connectivity index (χ3v) is 4.82. The van der Waals surface area contributed by atoms with Crippen LogP contribution in [0.1, 0.15) is 35.9 Å². The number of aryl methyl sites for hydroxylation is 1. The Bertz CT molecular complexity index is 858. The highest BCUT2D eigenvalue weighted by molar-refractivity contribution is 5.17. The Labute approximate surface area is 152 Å². The monoisotopic (exact) mass is 353 g/mol. The molecule has 0 spiro atoms. The van der Waals surface area contributed by atoms with Gasteiger partial charge in [-0.05, 0) is 26.0 Å². The molecule has 0 aliphatic carbocycles. The molecule has 0 fully saturated rings. The molecule has 0 amide bonds. The van der Waals surface area contributed by atoms with Crippen molar-refractivity contribution in [3.05, 3.63) is 59.8 Å². The minimum atomic E-state index is 0.246. The van der Waals surface area contributed by atoms with Crippen molar-refractivity contribution in [2.24, 2.45) is 0 Å². The van der Waals surface area contributed by atoms with E-state index >= 15 is 0 Å². The minimum Gasteiger partial charge on any atom is -0.493 e. The van der Waals surface area contributed by atoms with Gasteiger partial charge in [-0.25, -0.2) is 4.98 Å². The van der Waals surface area contributed by atoms with Crippen LogP contribution in [0.4, 0.5) is 0 Å². The van der Waals surface area contributed by atoms with Gasteiger partial charge in [-0.1, -0.05) is 5.16 Å². The first-order valence-corrected chi connectivity index (χ1v) is 8.94. The number of pyridine rings is 1. The highest BCUT2D eigenvalue weighted by Crippen LogP contribution is 2.27. The molecule has 0 saturated carbocycles. The second-order valence-electron chi connectivity index (χ2n) is 6.62. The standard InChI is InChI=1S/C19H23N5O2/c1-14-11-16(22-26-14)13-23-8-9-24-17(12-21-19(24)15(23)2)5-10-25-18-3-6-20-7-4-18/h3-4,6-7,11-12,15H,5,8-10,13H2,1-2H3. The predicted molar refractivity (Wildman–Crippen MR) is 95.7 cm³/mol. The number of imidazole rings is 1. The van der Waals surface area contributed by atoms with Crippen molar-refractivity contribution in [1.29, 1.82) is 0 Å². The van der Waals surface area contributed by atoms with Gasteiger partial charge >= 0.3 is 0 Å². The van der Waals surface area contributed by atoms with Crippen molar-refractivity contribution in [1.82, 2.24) is 24.6 Å². The second-order valence-corrected chi connectivity index (χ2v) is 6.62. The highest BCUT2D eigenvalue weighted by Gasteiger charge is 2.27. The van der Waals surface area contributed by atoms with Crippen LogP contribution in [0.15, 0.2) is 41.3 Å². The Morgan fingerprint density at radius 1 is 1.27 bits per heavy atom. The average molecular weight is 353 g/mol. The van der Waals surface area contributed by atoms with E-state index in [9.17, 15) is 0 Å². The molecule has 1 atom stereocenters. The smallest absolute Gasteiger partial charge is 0.133 e. The molecule has 1 aliphatic heterocycles. The molecule has 1 unspecified atom stereocenters. The van der Waals surface area contributed by atoms with Gasteiger partial charge in [0, 0.05) is 56.4 Å². The van der Waals surface area contributed by atoms with Crippen molar-refractivity contribution in [2.45, 2.75) is 39.4 Å². The molecule has 0 aromatic carbocycles. The summed E-state index contributed by atoms with van der Waals surface area (Å²) in [5.74, 6) is 2.80. The van der Waals surface area contributed by atoms with E-state index in [4.69, 9.17) is 9.26 Å². The zero-order valence-electron chi connectivity index (χ0n) is 15.1. The second kappa shape index (κ2) is 7.29. The van der Waals surface area contributed by atoms with Crippen molar-refractivity contribution < 1.29 is 9.26 Å². The highest BCUT2D eigenvalue weighted by atomic mass is 16.5. The fraction of sp³-hybridized carbons (Fsp3) is 0.421. The SMILES string of the molecule is Cc1cc(CN2CCn3c(CCOc4ccncc4)cnc3C2C)no1. The molecule has 4 rings (SSSR count). The lowest BCUT2D eigenvalue weighted by Crippen LogP contribution is -2.37. The quantitative estimate of drug-likeness (QED) is 0.679. The van der Waals surface area contributed by atoms with Gasteiger partial charge in [0.2, 0.25) is 0 Å². The van der Waals surface area contributed by atoms with Crippen LogP contribution in [-0.4, -0.2) is 37.7 Å². The van der Waals surface area contributed by atoms with E-state index in [-0.39, 0.29) is 6.04 Å². The number of aromatic nitrogens is 4. The van der Waals surface area contributed by atoms with Crippen LogP contribution in [-0.2, 0) is 19.5 Å². The van der Waals surface area contributed by atoms with Crippen LogP contribution in [0.3, 0.4) is 0 Å². The fourth-order valence-corrected chi connectivity index (χ4v) is 3.43. The number of hydrogen-bond donors (Lipinski definition) is 0. The van der Waals surface area contributed by atoms with Gasteiger partial charge in [0.05, 0.1) is 18.3 Å². The van der Waals surface area contributed by atoms with Gasteiger partial charge in [0.1, 0.15) is 17.3 Å². The van der Waals surface area contributed by atoms with E-state index in [0.717, 1.165) is 49.1 Å². The van der Waals surface area contributed by atoms with Crippen LogP contribution in [0.5, 0.6) is 5.75 Å². The van der Waals surface area contributed by atoms with E-state index in [1.54, 1.807) is 12.4 Å². The minimum absolute atomic E-state index is 0.246. The van der Waals surface area contributed by atoms with Crippen molar-refractivity contribution >= 4 is 0 Å². The van der Waals surface area contributed by atoms with Crippen LogP contribution in [0.25, 0.3) is 0 Å². The van der Waals surface area contributed by atoms with Crippen molar-refractivity contribution in [2.75, 3.05) is 13.2 Å². The molecular formula is C19H23N5O2. The number of nitrogens with zero attached hydrogens (tertiary/aromatic N) is 5. The lowest BCUT2D eigenvalue weighted by atomic mass is 10.2. The maximum Gasteiger partial charge on any atom is 0.133 e. The topological polar surface area (TPSA) is 69.2 Å². The summed E-state index contributed by atoms with van der Waals surface area (Å²) in [5.41, 5.74) is 2.19. The molecule has 7 heteroatoms. The molecule has 0 N–H and O–H groups in total. The number of ether oxygens (including phenoxy) is 1. The van der Waals surface area contributed by atoms with Gasteiger partial charge in [0.15, 0.2) is 0 Å². The van der Waals surface area contributed by atoms with Crippen LogP contribution >= 0.6 is 0 Å². The summed E-state index contributed by atoms with van der Waals surface area (Å²) in [5, 5.41) is 4.11. The Kier molecular flexibility index (Phi) is 4.71. The van der Waals surface area contributed by atoms with Crippen molar-refractivity contribution in [3.63, 3.8) is 0 Å². The molecule has 0 radical (unpaired) electrons. The van der Waals surface area contributed by atoms with E-state index in [2.05, 4.69) is 31.5 Å². The van der Waals surface area contributed by atoms with Gasteiger partial charge in [-0.15, -0.1) is 0 Å². The zero-order valence-corrected chi connectivity index (χ0v) is 15.1. The fourth-order valence-electron chi connectivity index (χ4n) is 3.43. The van der Waals surface area contributed by atoms with E-state index in [1.165, 1.54) is 5.69 Å². The molecule has 136 valence electrons. The number of hydrogen-bond acceptors (Lipinski definition) is 6. The molecule has 0 bridgehead atoms. The van der Waals surface area contributed by atoms with E-state index in [0.29, 0.717) is 6.61 Å². The van der Waals surface area contributed by atoms with E-state index < -0.39 is 0 Å². The molecule has 7 nitrogen and oxygen atoms in total. The third-order valence-electron chi connectivity index (χ3n) is 4.82. The number of fused-ring (bicyclic) bond motifs is 1. The summed E-state index contributed by atoms with van der Waals surface area (Å²) in [6.07, 6.45) is 6.29. The third kappa shape index (κ3) is 3.48. The van der Waals surface area contributed by atoms with Gasteiger partial charge < -0.3 is 13.8 Å². The summed E-state index contributed by atoms with van der Waals surface area (Å²) >= 11 is 0. The predicted octanol–water partition coefficient (Wildman–Crippen LogP) is 2.77. The van der Waals surface area contributed by atoms with Crippen molar-refractivity contribution in [3.8, 4) is 5.75 Å². The number of rotatable bonds is 6. The first-order valence-electron chi connectivity index (χ1n) is 8.94. The summed E-state index contributed by atoms with van der Waals surface area (Å²) in [4.78, 5) is 11.1. The first-order chi connectivity index (χ1) is 12.7. The molecule has 3 aromatic rings. The molecule has 0 saturated heterocycles. The van der Waals surface area contributed by atoms with Gasteiger partial charge in [-0.3, -0.25) is 9.88 Å². The zero-order chi connectivity index (χ0) is 17.9. The Morgan fingerprint density at radius 2 is 2.12 bits per heavy atom. The van der Waals surface area contributed by atoms with Gasteiger partial charge in [0.25, 0.3) is 0 Å². The molecule has 1 aliphatic rings. The van der Waals surface area contributed by atoms with Crippen LogP contribution in [0.2, 0.25) is 0 Å². The van der Waals surface area contributed by atoms with Crippen LogP contribution < -0.4 is 4.74 Å². The Morgan fingerprint density at radius 3 is 2.88 bits per heavy atom. The Balaban J connectivity index is 1.39. The lowest BCUT2D eigenvalue weighted by Gasteiger charge is -2.33. The molecular weight excluding hydrogens is 330 g/mol. The maximum atomic E-state index is 5.79. The average Bonchev–Trinajstić information content (AvgIpc) is 3.25. The largest absolute Gasteiger partial charge is 0.493 e. The normalized spacial score (nSPS) is 17.2. The summed E-state index contributed by atoms with van der Waals surface area (Å²) < 4.78 is 13.3. The van der Waals surface area contributed by atoms with Crippen LogP contribution in [0, 0.1) is 6.92 Å².